The summed E-state index contributed by atoms with van der Waals surface area (Å²) in [6, 6.07) is 4.50. The summed E-state index contributed by atoms with van der Waals surface area (Å²) in [5.74, 6) is -0.251. The van der Waals surface area contributed by atoms with Crippen molar-refractivity contribution in [3.63, 3.8) is 0 Å². The number of rotatable bonds is 3. The van der Waals surface area contributed by atoms with E-state index in [9.17, 15) is 9.50 Å². The number of halogens is 1. The molecule has 1 aromatic rings. The van der Waals surface area contributed by atoms with Crippen LogP contribution in [-0.4, -0.2) is 12.2 Å². The maximum atomic E-state index is 13.3. The Morgan fingerprint density at radius 2 is 2.14 bits per heavy atom. The van der Waals surface area contributed by atoms with Gasteiger partial charge in [-0.15, -0.1) is 0 Å². The van der Waals surface area contributed by atoms with Crippen molar-refractivity contribution in [1.29, 1.82) is 0 Å². The van der Waals surface area contributed by atoms with Gasteiger partial charge in [0.15, 0.2) is 11.6 Å². The molecule has 0 spiro atoms. The number of methoxy groups -OCH3 is 1. The van der Waals surface area contributed by atoms with Crippen molar-refractivity contribution in [1.82, 2.24) is 0 Å². The van der Waals surface area contributed by atoms with Crippen LogP contribution in [0.25, 0.3) is 0 Å². The van der Waals surface area contributed by atoms with Crippen molar-refractivity contribution in [3.8, 4) is 5.75 Å². The molecule has 0 saturated heterocycles. The van der Waals surface area contributed by atoms with Crippen molar-refractivity contribution >= 4 is 0 Å². The molecule has 1 aromatic carbocycles. The molecule has 0 aliphatic carbocycles. The van der Waals surface area contributed by atoms with Crippen LogP contribution in [0.2, 0.25) is 0 Å². The first-order valence-electron chi connectivity index (χ1n) is 4.57. The number of hydrogen-bond acceptors (Lipinski definition) is 2. The Bertz CT molecular complexity index is 321. The quantitative estimate of drug-likeness (QED) is 0.808. The van der Waals surface area contributed by atoms with E-state index in [2.05, 4.69) is 0 Å². The van der Waals surface area contributed by atoms with Gasteiger partial charge < -0.3 is 9.84 Å². The fourth-order valence-electron chi connectivity index (χ4n) is 1.21. The van der Waals surface area contributed by atoms with Crippen LogP contribution in [0.5, 0.6) is 5.75 Å². The first-order chi connectivity index (χ1) is 6.51. The highest BCUT2D eigenvalue weighted by Crippen LogP contribution is 2.27. The number of aliphatic hydroxyl groups is 1. The van der Waals surface area contributed by atoms with Crippen LogP contribution in [0.15, 0.2) is 18.2 Å². The minimum absolute atomic E-state index is 0.195. The molecule has 0 aliphatic rings. The normalized spacial score (nSPS) is 14.9. The zero-order valence-corrected chi connectivity index (χ0v) is 8.67. The van der Waals surface area contributed by atoms with Crippen molar-refractivity contribution in [3.05, 3.63) is 29.6 Å². The van der Waals surface area contributed by atoms with E-state index in [0.29, 0.717) is 12.0 Å². The van der Waals surface area contributed by atoms with Crippen LogP contribution in [0.4, 0.5) is 4.39 Å². The minimum Gasteiger partial charge on any atom is -0.494 e. The molecule has 0 heterocycles. The summed E-state index contributed by atoms with van der Waals surface area (Å²) in [5, 5.41) is 9.88. The van der Waals surface area contributed by atoms with Crippen LogP contribution in [0.3, 0.4) is 0 Å². The Kier molecular flexibility index (Phi) is 3.11. The smallest absolute Gasteiger partial charge is 0.165 e. The molecule has 0 radical (unpaired) electrons. The Hall–Kier alpha value is -1.09. The van der Waals surface area contributed by atoms with Crippen LogP contribution >= 0.6 is 0 Å². The van der Waals surface area contributed by atoms with Gasteiger partial charge in [-0.1, -0.05) is 13.0 Å². The second kappa shape index (κ2) is 3.96. The molecule has 0 saturated carbocycles. The third kappa shape index (κ3) is 2.04. The van der Waals surface area contributed by atoms with E-state index in [-0.39, 0.29) is 5.75 Å². The van der Waals surface area contributed by atoms with Crippen LogP contribution in [0.1, 0.15) is 25.8 Å². The molecule has 1 rings (SSSR count). The summed E-state index contributed by atoms with van der Waals surface area (Å²) < 4.78 is 18.1. The van der Waals surface area contributed by atoms with Crippen molar-refractivity contribution in [2.75, 3.05) is 7.11 Å². The van der Waals surface area contributed by atoms with Crippen LogP contribution in [-0.2, 0) is 5.60 Å². The lowest BCUT2D eigenvalue weighted by atomic mass is 9.93. The number of benzene rings is 1. The van der Waals surface area contributed by atoms with E-state index in [4.69, 9.17) is 4.74 Å². The predicted molar refractivity (Wildman–Crippen MR) is 52.8 cm³/mol. The summed E-state index contributed by atoms with van der Waals surface area (Å²) in [6.45, 7) is 3.51. The van der Waals surface area contributed by atoms with Crippen molar-refractivity contribution in [2.24, 2.45) is 0 Å². The predicted octanol–water partition coefficient (Wildman–Crippen LogP) is 2.45. The summed E-state index contributed by atoms with van der Waals surface area (Å²) in [5.41, 5.74) is -0.411. The molecule has 2 nitrogen and oxygen atoms in total. The summed E-state index contributed by atoms with van der Waals surface area (Å²) in [7, 11) is 1.41. The van der Waals surface area contributed by atoms with E-state index < -0.39 is 11.4 Å². The van der Waals surface area contributed by atoms with E-state index in [1.54, 1.807) is 13.0 Å². The summed E-state index contributed by atoms with van der Waals surface area (Å²) in [4.78, 5) is 0. The monoisotopic (exact) mass is 198 g/mol. The van der Waals surface area contributed by atoms with Gasteiger partial charge in [-0.05, 0) is 31.0 Å². The fraction of sp³-hybridized carbons (Fsp3) is 0.455. The van der Waals surface area contributed by atoms with E-state index in [1.807, 2.05) is 6.92 Å². The van der Waals surface area contributed by atoms with Crippen molar-refractivity contribution < 1.29 is 14.2 Å². The summed E-state index contributed by atoms with van der Waals surface area (Å²) >= 11 is 0. The lowest BCUT2D eigenvalue weighted by Crippen LogP contribution is -2.19. The fourth-order valence-corrected chi connectivity index (χ4v) is 1.21. The molecule has 0 fully saturated rings. The molecule has 0 aliphatic heterocycles. The van der Waals surface area contributed by atoms with E-state index >= 15 is 0 Å². The first-order valence-corrected chi connectivity index (χ1v) is 4.57. The maximum absolute atomic E-state index is 13.3. The van der Waals surface area contributed by atoms with Gasteiger partial charge in [-0.3, -0.25) is 0 Å². The third-order valence-corrected chi connectivity index (χ3v) is 2.46. The second-order valence-electron chi connectivity index (χ2n) is 3.48. The Morgan fingerprint density at radius 3 is 2.57 bits per heavy atom. The minimum atomic E-state index is -0.979. The molecule has 1 unspecified atom stereocenters. The number of hydrogen-bond donors (Lipinski definition) is 1. The average Bonchev–Trinajstić information content (AvgIpc) is 2.17. The maximum Gasteiger partial charge on any atom is 0.165 e. The van der Waals surface area contributed by atoms with Crippen molar-refractivity contribution in [2.45, 2.75) is 25.9 Å². The van der Waals surface area contributed by atoms with Gasteiger partial charge in [-0.25, -0.2) is 4.39 Å². The lowest BCUT2D eigenvalue weighted by molar-refractivity contribution is 0.0527. The molecule has 0 amide bonds. The molecule has 1 atom stereocenters. The van der Waals surface area contributed by atoms with Gasteiger partial charge >= 0.3 is 0 Å². The highest BCUT2D eigenvalue weighted by atomic mass is 19.1. The van der Waals surface area contributed by atoms with E-state index in [0.717, 1.165) is 0 Å². The van der Waals surface area contributed by atoms with E-state index in [1.165, 1.54) is 19.2 Å². The van der Waals surface area contributed by atoms with Gasteiger partial charge in [-0.2, -0.15) is 0 Å². The van der Waals surface area contributed by atoms with Gasteiger partial charge in [0, 0.05) is 0 Å². The lowest BCUT2D eigenvalue weighted by Gasteiger charge is -2.22. The largest absolute Gasteiger partial charge is 0.494 e. The molecule has 78 valence electrons. The molecule has 14 heavy (non-hydrogen) atoms. The molecule has 3 heteroatoms. The van der Waals surface area contributed by atoms with Gasteiger partial charge in [0.25, 0.3) is 0 Å². The SMILES string of the molecule is CCC(C)(O)c1ccc(OC)c(F)c1. The Labute approximate surface area is 83.3 Å². The molecular formula is C11H15FO2. The second-order valence-corrected chi connectivity index (χ2v) is 3.48. The Balaban J connectivity index is 3.08. The van der Waals surface area contributed by atoms with Crippen LogP contribution in [0, 0.1) is 5.82 Å². The van der Waals surface area contributed by atoms with Gasteiger partial charge in [0.2, 0.25) is 0 Å². The third-order valence-electron chi connectivity index (χ3n) is 2.46. The highest BCUT2D eigenvalue weighted by Gasteiger charge is 2.21. The number of ether oxygens (including phenoxy) is 1. The van der Waals surface area contributed by atoms with Gasteiger partial charge in [0.05, 0.1) is 12.7 Å². The average molecular weight is 198 g/mol. The first kappa shape index (κ1) is 11.0. The summed E-state index contributed by atoms with van der Waals surface area (Å²) in [6.07, 6.45) is 0.540. The molecular weight excluding hydrogens is 183 g/mol. The topological polar surface area (TPSA) is 29.5 Å². The zero-order valence-electron chi connectivity index (χ0n) is 8.67. The highest BCUT2D eigenvalue weighted by molar-refractivity contribution is 5.32. The molecule has 0 bridgehead atoms. The molecule has 1 N–H and O–H groups in total. The van der Waals surface area contributed by atoms with Gasteiger partial charge in [0.1, 0.15) is 0 Å². The molecule has 0 aromatic heterocycles. The Morgan fingerprint density at radius 1 is 1.50 bits per heavy atom. The van der Waals surface area contributed by atoms with Crippen LogP contribution < -0.4 is 4.74 Å². The standard InChI is InChI=1S/C11H15FO2/c1-4-11(2,13)8-5-6-10(14-3)9(12)7-8/h5-7,13H,4H2,1-3H3. The zero-order chi connectivity index (χ0) is 10.8.